The summed E-state index contributed by atoms with van der Waals surface area (Å²) in [6.07, 6.45) is 4.53. The van der Waals surface area contributed by atoms with Crippen molar-refractivity contribution in [3.63, 3.8) is 0 Å². The number of rotatable bonds is 3. The molecule has 0 unspecified atom stereocenters. The van der Waals surface area contributed by atoms with E-state index in [0.29, 0.717) is 5.78 Å². The molecule has 0 N–H and O–H groups in total. The van der Waals surface area contributed by atoms with Crippen molar-refractivity contribution in [3.8, 4) is 0 Å². The summed E-state index contributed by atoms with van der Waals surface area (Å²) in [5.74, 6) is 1.36. The normalized spacial score (nSPS) is 16.6. The molecule has 0 radical (unpaired) electrons. The zero-order valence-electron chi connectivity index (χ0n) is 17.0. The van der Waals surface area contributed by atoms with Gasteiger partial charge in [0.05, 0.1) is 11.7 Å². The molecule has 150 valence electrons. The van der Waals surface area contributed by atoms with Gasteiger partial charge in [-0.1, -0.05) is 0 Å². The van der Waals surface area contributed by atoms with Crippen molar-refractivity contribution in [1.29, 1.82) is 0 Å². The maximum absolute atomic E-state index is 12.9. The van der Waals surface area contributed by atoms with Crippen molar-refractivity contribution in [1.82, 2.24) is 34.7 Å². The molecule has 1 aliphatic carbocycles. The van der Waals surface area contributed by atoms with Crippen LogP contribution in [0.3, 0.4) is 0 Å². The van der Waals surface area contributed by atoms with Crippen molar-refractivity contribution in [2.24, 2.45) is 0 Å². The minimum atomic E-state index is -0.186. The molecule has 1 amide bonds. The zero-order chi connectivity index (χ0) is 20.1. The highest BCUT2D eigenvalue weighted by Gasteiger charge is 2.35. The highest BCUT2D eigenvalue weighted by molar-refractivity contribution is 5.91. The molecule has 9 heteroatoms. The largest absolute Gasteiger partial charge is 0.351 e. The molecule has 3 aromatic rings. The third-order valence-electron chi connectivity index (χ3n) is 5.92. The molecular formula is C20H24N8O. The van der Waals surface area contributed by atoms with Crippen LogP contribution < -0.4 is 4.90 Å². The SMILES string of the molecule is Cc1cc(C)n2nc(C(=O)N(C)C3CN(c4cc5c(nn4)CCCC5)C3)nc2n1. The second-order valence-electron chi connectivity index (χ2n) is 8.04. The van der Waals surface area contributed by atoms with Crippen molar-refractivity contribution in [2.45, 2.75) is 45.6 Å². The Morgan fingerprint density at radius 3 is 2.72 bits per heavy atom. The molecule has 29 heavy (non-hydrogen) atoms. The van der Waals surface area contributed by atoms with Crippen LogP contribution in [-0.4, -0.2) is 66.8 Å². The van der Waals surface area contributed by atoms with Crippen LogP contribution >= 0.6 is 0 Å². The van der Waals surface area contributed by atoms with Gasteiger partial charge in [0.25, 0.3) is 11.7 Å². The van der Waals surface area contributed by atoms with Gasteiger partial charge in [0.15, 0.2) is 5.82 Å². The summed E-state index contributed by atoms with van der Waals surface area (Å²) in [5.41, 5.74) is 4.22. The predicted octanol–water partition coefficient (Wildman–Crippen LogP) is 1.37. The number of aromatic nitrogens is 6. The average Bonchev–Trinajstić information content (AvgIpc) is 3.10. The molecule has 0 atom stereocenters. The van der Waals surface area contributed by atoms with E-state index in [4.69, 9.17) is 0 Å². The maximum atomic E-state index is 12.9. The van der Waals surface area contributed by atoms with Crippen LogP contribution in [0.5, 0.6) is 0 Å². The number of likely N-dealkylation sites (N-methyl/N-ethyl adjacent to an activating group) is 1. The van der Waals surface area contributed by atoms with Crippen LogP contribution in [-0.2, 0) is 12.8 Å². The number of hydrogen-bond acceptors (Lipinski definition) is 7. The number of nitrogens with zero attached hydrogens (tertiary/aromatic N) is 8. The van der Waals surface area contributed by atoms with E-state index in [0.717, 1.165) is 48.8 Å². The van der Waals surface area contributed by atoms with Gasteiger partial charge < -0.3 is 9.80 Å². The zero-order valence-corrected chi connectivity index (χ0v) is 17.0. The maximum Gasteiger partial charge on any atom is 0.293 e. The molecule has 0 aromatic carbocycles. The average molecular weight is 392 g/mol. The van der Waals surface area contributed by atoms with Crippen LogP contribution in [0.15, 0.2) is 12.1 Å². The molecule has 0 bridgehead atoms. The summed E-state index contributed by atoms with van der Waals surface area (Å²) in [7, 11) is 1.81. The molecule has 9 nitrogen and oxygen atoms in total. The van der Waals surface area contributed by atoms with Gasteiger partial charge in [0.2, 0.25) is 5.82 Å². The first-order valence-electron chi connectivity index (χ1n) is 10.1. The fourth-order valence-corrected chi connectivity index (χ4v) is 4.10. The van der Waals surface area contributed by atoms with E-state index in [2.05, 4.69) is 36.2 Å². The second kappa shape index (κ2) is 6.75. The Balaban J connectivity index is 1.28. The Bertz CT molecular complexity index is 1100. The quantitative estimate of drug-likeness (QED) is 0.665. The van der Waals surface area contributed by atoms with Crippen molar-refractivity contribution in [3.05, 3.63) is 40.6 Å². The number of amides is 1. The number of hydrogen-bond donors (Lipinski definition) is 0. The van der Waals surface area contributed by atoms with E-state index in [9.17, 15) is 4.79 Å². The van der Waals surface area contributed by atoms with Crippen LogP contribution in [0, 0.1) is 13.8 Å². The standard InChI is InChI=1S/C20H24N8O/c1-12-8-13(2)28-20(21-12)22-18(25-28)19(29)26(3)15-10-27(11-15)17-9-14-6-4-5-7-16(14)23-24-17/h8-9,15H,4-7,10-11H2,1-3H3. The third kappa shape index (κ3) is 3.10. The van der Waals surface area contributed by atoms with Gasteiger partial charge in [-0.05, 0) is 57.2 Å². The van der Waals surface area contributed by atoms with E-state index in [1.807, 2.05) is 19.9 Å². The molecule has 2 aliphatic rings. The van der Waals surface area contributed by atoms with Crippen LogP contribution in [0.25, 0.3) is 5.78 Å². The number of fused-ring (bicyclic) bond motifs is 2. The van der Waals surface area contributed by atoms with Gasteiger partial charge in [-0.2, -0.15) is 10.1 Å². The number of carbonyl (C=O) groups excluding carboxylic acids is 1. The summed E-state index contributed by atoms with van der Waals surface area (Å²) in [5, 5.41) is 13.2. The molecule has 0 spiro atoms. The molecular weight excluding hydrogens is 368 g/mol. The first kappa shape index (κ1) is 18.0. The van der Waals surface area contributed by atoms with E-state index in [1.165, 1.54) is 18.4 Å². The first-order chi connectivity index (χ1) is 14.0. The summed E-state index contributed by atoms with van der Waals surface area (Å²) in [6.45, 7) is 5.30. The van der Waals surface area contributed by atoms with Crippen molar-refractivity contribution < 1.29 is 4.79 Å². The predicted molar refractivity (Wildman–Crippen MR) is 107 cm³/mol. The number of carbonyl (C=O) groups is 1. The van der Waals surface area contributed by atoms with Gasteiger partial charge >= 0.3 is 0 Å². The third-order valence-corrected chi connectivity index (χ3v) is 5.92. The Kier molecular flexibility index (Phi) is 4.18. The number of aryl methyl sites for hydroxylation is 4. The van der Waals surface area contributed by atoms with Crippen molar-refractivity contribution >= 4 is 17.5 Å². The van der Waals surface area contributed by atoms with E-state index < -0.39 is 0 Å². The summed E-state index contributed by atoms with van der Waals surface area (Å²) in [6, 6.07) is 4.19. The second-order valence-corrected chi connectivity index (χ2v) is 8.04. The van der Waals surface area contributed by atoms with Crippen LogP contribution in [0.2, 0.25) is 0 Å². The minimum absolute atomic E-state index is 0.0998. The van der Waals surface area contributed by atoms with Gasteiger partial charge in [0, 0.05) is 31.5 Å². The lowest BCUT2D eigenvalue weighted by atomic mass is 9.96. The monoisotopic (exact) mass is 392 g/mol. The molecule has 3 aromatic heterocycles. The highest BCUT2D eigenvalue weighted by atomic mass is 16.2. The fraction of sp³-hybridized carbons (Fsp3) is 0.500. The van der Waals surface area contributed by atoms with Gasteiger partial charge in [-0.25, -0.2) is 9.50 Å². The van der Waals surface area contributed by atoms with Crippen LogP contribution in [0.1, 0.15) is 46.1 Å². The molecule has 1 fully saturated rings. The highest BCUT2D eigenvalue weighted by Crippen LogP contribution is 2.26. The van der Waals surface area contributed by atoms with Crippen molar-refractivity contribution in [2.75, 3.05) is 25.0 Å². The smallest absolute Gasteiger partial charge is 0.293 e. The first-order valence-corrected chi connectivity index (χ1v) is 10.1. The Labute approximate surface area is 168 Å². The molecule has 1 aliphatic heterocycles. The lowest BCUT2D eigenvalue weighted by molar-refractivity contribution is 0.0693. The molecule has 4 heterocycles. The topological polar surface area (TPSA) is 92.4 Å². The fourth-order valence-electron chi connectivity index (χ4n) is 4.10. The summed E-state index contributed by atoms with van der Waals surface area (Å²) >= 11 is 0. The Morgan fingerprint density at radius 2 is 1.90 bits per heavy atom. The van der Waals surface area contributed by atoms with Crippen LogP contribution in [0.4, 0.5) is 5.82 Å². The van der Waals surface area contributed by atoms with E-state index in [1.54, 1.807) is 16.5 Å². The Hall–Kier alpha value is -3.10. The lowest BCUT2D eigenvalue weighted by Crippen LogP contribution is -2.60. The number of anilines is 1. The molecule has 0 saturated carbocycles. The molecule has 1 saturated heterocycles. The lowest BCUT2D eigenvalue weighted by Gasteiger charge is -2.44. The van der Waals surface area contributed by atoms with Gasteiger partial charge in [-0.15, -0.1) is 10.2 Å². The molecule has 5 rings (SSSR count). The van der Waals surface area contributed by atoms with Gasteiger partial charge in [-0.3, -0.25) is 4.79 Å². The van der Waals surface area contributed by atoms with E-state index in [-0.39, 0.29) is 17.8 Å². The Morgan fingerprint density at radius 1 is 1.10 bits per heavy atom. The van der Waals surface area contributed by atoms with E-state index >= 15 is 0 Å². The summed E-state index contributed by atoms with van der Waals surface area (Å²) < 4.78 is 1.61. The minimum Gasteiger partial charge on any atom is -0.351 e. The summed E-state index contributed by atoms with van der Waals surface area (Å²) in [4.78, 5) is 25.5. The van der Waals surface area contributed by atoms with Gasteiger partial charge in [0.1, 0.15) is 0 Å².